The fraction of sp³-hybridized carbons (Fsp3) is 0.364. The van der Waals surface area contributed by atoms with Crippen LogP contribution in [0.1, 0.15) is 25.8 Å². The van der Waals surface area contributed by atoms with E-state index in [1.165, 1.54) is 11.7 Å². The smallest absolute Gasteiger partial charge is 0.157 e. The summed E-state index contributed by atoms with van der Waals surface area (Å²) < 4.78 is 13.2. The summed E-state index contributed by atoms with van der Waals surface area (Å²) in [5, 5.41) is 17.9. The summed E-state index contributed by atoms with van der Waals surface area (Å²) in [5.74, 6) is 0.223. The molecule has 1 fully saturated rings. The first-order valence-electron chi connectivity index (χ1n) is 9.58. The molecule has 1 N–H and O–H groups in total. The number of aromatic nitrogens is 3. The van der Waals surface area contributed by atoms with Gasteiger partial charge in [-0.05, 0) is 29.7 Å². The molecule has 0 radical (unpaired) electrons. The van der Waals surface area contributed by atoms with Crippen molar-refractivity contribution in [3.63, 3.8) is 0 Å². The quantitative estimate of drug-likeness (QED) is 0.673. The van der Waals surface area contributed by atoms with Crippen LogP contribution in [-0.4, -0.2) is 39.4 Å². The third kappa shape index (κ3) is 3.53. The Balaban J connectivity index is 1.75. The van der Waals surface area contributed by atoms with E-state index in [4.69, 9.17) is 9.47 Å². The monoisotopic (exact) mass is 379 g/mol. The minimum atomic E-state index is -0.641. The van der Waals surface area contributed by atoms with Crippen molar-refractivity contribution in [2.45, 2.75) is 33.0 Å². The summed E-state index contributed by atoms with van der Waals surface area (Å²) in [5.41, 5.74) is 1.15. The highest BCUT2D eigenvalue weighted by molar-refractivity contribution is 5.86. The second-order valence-corrected chi connectivity index (χ2v) is 7.47. The fourth-order valence-corrected chi connectivity index (χ4v) is 3.61. The molecule has 6 heteroatoms. The van der Waals surface area contributed by atoms with E-state index in [1.807, 2.05) is 32.0 Å². The van der Waals surface area contributed by atoms with Crippen molar-refractivity contribution in [1.29, 1.82) is 0 Å². The molecule has 1 aliphatic heterocycles. The first-order chi connectivity index (χ1) is 13.6. The van der Waals surface area contributed by atoms with Crippen LogP contribution in [-0.2, 0) is 15.9 Å². The molecule has 1 aromatic heterocycles. The topological polar surface area (TPSA) is 69.4 Å². The van der Waals surface area contributed by atoms with E-state index < -0.39 is 5.41 Å². The predicted molar refractivity (Wildman–Crippen MR) is 108 cm³/mol. The second kappa shape index (κ2) is 7.73. The van der Waals surface area contributed by atoms with Crippen LogP contribution < -0.4 is 0 Å². The van der Waals surface area contributed by atoms with Crippen molar-refractivity contribution in [2.24, 2.45) is 5.41 Å². The Morgan fingerprint density at radius 3 is 2.64 bits per heavy atom. The standard InChI is InChI=1S/C22H25N3O3/c1-3-20-27-12-22(2,13-28-20)21(26)19(25-15-23-14-24-25)11-17-9-6-8-16-7-4-5-10-18(16)17/h4-10,14-15,20,26H,3,11-13H2,1-2H3/b21-19+. The van der Waals surface area contributed by atoms with E-state index in [9.17, 15) is 5.11 Å². The van der Waals surface area contributed by atoms with Crippen LogP contribution in [0.2, 0.25) is 0 Å². The molecule has 4 rings (SSSR count). The zero-order chi connectivity index (χ0) is 19.6. The number of allylic oxidation sites excluding steroid dienone is 1. The Morgan fingerprint density at radius 2 is 1.93 bits per heavy atom. The number of fused-ring (bicyclic) bond motifs is 1. The molecule has 0 bridgehead atoms. The van der Waals surface area contributed by atoms with E-state index >= 15 is 0 Å². The average Bonchev–Trinajstić information content (AvgIpc) is 3.27. The number of nitrogens with zero attached hydrogens (tertiary/aromatic N) is 3. The van der Waals surface area contributed by atoms with Gasteiger partial charge in [0, 0.05) is 6.42 Å². The molecule has 2 heterocycles. The van der Waals surface area contributed by atoms with Gasteiger partial charge in [0.05, 0.1) is 24.3 Å². The summed E-state index contributed by atoms with van der Waals surface area (Å²) in [6.45, 7) is 4.76. The number of aliphatic hydroxyl groups is 1. The molecule has 3 aromatic rings. The number of hydrogen-bond acceptors (Lipinski definition) is 5. The highest BCUT2D eigenvalue weighted by Crippen LogP contribution is 2.35. The van der Waals surface area contributed by atoms with Crippen LogP contribution in [0, 0.1) is 5.41 Å². The number of benzene rings is 2. The lowest BCUT2D eigenvalue weighted by atomic mass is 9.86. The molecule has 28 heavy (non-hydrogen) atoms. The zero-order valence-electron chi connectivity index (χ0n) is 16.2. The van der Waals surface area contributed by atoms with Crippen molar-refractivity contribution in [1.82, 2.24) is 14.8 Å². The second-order valence-electron chi connectivity index (χ2n) is 7.47. The van der Waals surface area contributed by atoms with Crippen molar-refractivity contribution < 1.29 is 14.6 Å². The van der Waals surface area contributed by atoms with Crippen molar-refractivity contribution in [2.75, 3.05) is 13.2 Å². The molecular formula is C22H25N3O3. The Labute approximate surface area is 164 Å². The molecule has 0 saturated carbocycles. The van der Waals surface area contributed by atoms with Crippen LogP contribution in [0.5, 0.6) is 0 Å². The molecular weight excluding hydrogens is 354 g/mol. The Bertz CT molecular complexity index is 968. The van der Waals surface area contributed by atoms with Crippen molar-refractivity contribution >= 4 is 16.5 Å². The number of rotatable bonds is 5. The first-order valence-corrected chi connectivity index (χ1v) is 9.58. The fourth-order valence-electron chi connectivity index (χ4n) is 3.61. The number of ether oxygens (including phenoxy) is 2. The van der Waals surface area contributed by atoms with Crippen LogP contribution in [0.25, 0.3) is 16.5 Å². The SMILES string of the molecule is CCC1OCC(C)(/C(O)=C(/Cc2cccc3ccccc23)n2cncn2)CO1. The van der Waals surface area contributed by atoms with Gasteiger partial charge in [0.1, 0.15) is 18.4 Å². The van der Waals surface area contributed by atoms with Crippen LogP contribution in [0.15, 0.2) is 60.9 Å². The van der Waals surface area contributed by atoms with Crippen molar-refractivity contribution in [3.05, 3.63) is 66.4 Å². The summed E-state index contributed by atoms with van der Waals surface area (Å²) in [7, 11) is 0. The maximum Gasteiger partial charge on any atom is 0.157 e. The van der Waals surface area contributed by atoms with Gasteiger partial charge in [-0.1, -0.05) is 49.4 Å². The minimum absolute atomic E-state index is 0.214. The normalized spacial score (nSPS) is 23.6. The van der Waals surface area contributed by atoms with E-state index in [0.29, 0.717) is 25.3 Å². The lowest BCUT2D eigenvalue weighted by Crippen LogP contribution is -2.41. The van der Waals surface area contributed by atoms with Gasteiger partial charge < -0.3 is 14.6 Å². The molecule has 0 spiro atoms. The summed E-state index contributed by atoms with van der Waals surface area (Å²) >= 11 is 0. The van der Waals surface area contributed by atoms with Gasteiger partial charge in [-0.15, -0.1) is 0 Å². The lowest BCUT2D eigenvalue weighted by Gasteiger charge is -2.37. The van der Waals surface area contributed by atoms with E-state index in [-0.39, 0.29) is 12.0 Å². The predicted octanol–water partition coefficient (Wildman–Crippen LogP) is 4.19. The minimum Gasteiger partial charge on any atom is -0.510 e. The molecule has 2 aromatic carbocycles. The maximum absolute atomic E-state index is 11.3. The Hall–Kier alpha value is -2.70. The van der Waals surface area contributed by atoms with Gasteiger partial charge >= 0.3 is 0 Å². The molecule has 0 atom stereocenters. The van der Waals surface area contributed by atoms with Gasteiger partial charge in [0.25, 0.3) is 0 Å². The molecule has 0 amide bonds. The van der Waals surface area contributed by atoms with Gasteiger partial charge in [-0.2, -0.15) is 5.10 Å². The summed E-state index contributed by atoms with van der Waals surface area (Å²) in [6.07, 6.45) is 4.17. The van der Waals surface area contributed by atoms with Gasteiger partial charge in [0.15, 0.2) is 6.29 Å². The Kier molecular flexibility index (Phi) is 5.15. The van der Waals surface area contributed by atoms with Crippen LogP contribution in [0.3, 0.4) is 0 Å². The third-order valence-corrected chi connectivity index (χ3v) is 5.29. The average molecular weight is 379 g/mol. The summed E-state index contributed by atoms with van der Waals surface area (Å²) in [4.78, 5) is 4.07. The maximum atomic E-state index is 11.3. The van der Waals surface area contributed by atoms with Crippen molar-refractivity contribution in [3.8, 4) is 0 Å². The molecule has 146 valence electrons. The van der Waals surface area contributed by atoms with Crippen LogP contribution >= 0.6 is 0 Å². The first kappa shape index (κ1) is 18.7. The molecule has 6 nitrogen and oxygen atoms in total. The Morgan fingerprint density at radius 1 is 1.18 bits per heavy atom. The lowest BCUT2D eigenvalue weighted by molar-refractivity contribution is -0.222. The highest BCUT2D eigenvalue weighted by atomic mass is 16.7. The van der Waals surface area contributed by atoms with Gasteiger partial charge in [-0.25, -0.2) is 9.67 Å². The molecule has 0 aliphatic carbocycles. The molecule has 1 aliphatic rings. The van der Waals surface area contributed by atoms with E-state index in [0.717, 1.165) is 17.4 Å². The number of hydrogen-bond donors (Lipinski definition) is 1. The zero-order valence-corrected chi connectivity index (χ0v) is 16.2. The number of aliphatic hydroxyl groups excluding tert-OH is 1. The highest BCUT2D eigenvalue weighted by Gasteiger charge is 2.38. The molecule has 1 saturated heterocycles. The van der Waals surface area contributed by atoms with Crippen LogP contribution in [0.4, 0.5) is 0 Å². The third-order valence-electron chi connectivity index (χ3n) is 5.29. The molecule has 0 unspecified atom stereocenters. The summed E-state index contributed by atoms with van der Waals surface area (Å²) in [6, 6.07) is 14.4. The van der Waals surface area contributed by atoms with Gasteiger partial charge in [-0.3, -0.25) is 0 Å². The van der Waals surface area contributed by atoms with Gasteiger partial charge in [0.2, 0.25) is 0 Å². The largest absolute Gasteiger partial charge is 0.510 e. The van der Waals surface area contributed by atoms with E-state index in [2.05, 4.69) is 34.3 Å². The van der Waals surface area contributed by atoms with E-state index in [1.54, 1.807) is 11.0 Å².